The first-order valence-corrected chi connectivity index (χ1v) is 16.9. The van der Waals surface area contributed by atoms with Crippen molar-refractivity contribution in [3.05, 3.63) is 48.2 Å². The van der Waals surface area contributed by atoms with Crippen LogP contribution in [0, 0.1) is 22.7 Å². The van der Waals surface area contributed by atoms with Crippen LogP contribution >= 0.6 is 11.9 Å². The highest BCUT2D eigenvalue weighted by atomic mass is 32.2. The van der Waals surface area contributed by atoms with Crippen LogP contribution in [-0.2, 0) is 4.74 Å². The van der Waals surface area contributed by atoms with Gasteiger partial charge in [-0.25, -0.2) is 9.97 Å². The Hall–Kier alpha value is -2.82. The van der Waals surface area contributed by atoms with E-state index in [9.17, 15) is 4.79 Å². The molecule has 3 saturated carbocycles. The van der Waals surface area contributed by atoms with Gasteiger partial charge in [0, 0.05) is 43.4 Å². The van der Waals surface area contributed by atoms with Gasteiger partial charge in [0.15, 0.2) is 0 Å². The maximum atomic E-state index is 13.6. The zero-order chi connectivity index (χ0) is 29.8. The van der Waals surface area contributed by atoms with Gasteiger partial charge in [-0.15, -0.1) is 0 Å². The normalized spacial score (nSPS) is 25.5. The van der Waals surface area contributed by atoms with Crippen molar-refractivity contribution in [2.24, 2.45) is 22.7 Å². The molecular weight excluding hydrogens is 558 g/mol. The van der Waals surface area contributed by atoms with Gasteiger partial charge in [-0.2, -0.15) is 5.43 Å². The first kappa shape index (κ1) is 28.9. The van der Waals surface area contributed by atoms with Crippen molar-refractivity contribution < 1.29 is 9.53 Å². The van der Waals surface area contributed by atoms with Crippen molar-refractivity contribution in [2.75, 3.05) is 34.9 Å². The molecule has 2 aliphatic heterocycles. The summed E-state index contributed by atoms with van der Waals surface area (Å²) in [5.74, 6) is 3.47. The van der Waals surface area contributed by atoms with Gasteiger partial charge in [-0.05, 0) is 112 Å². The van der Waals surface area contributed by atoms with Crippen molar-refractivity contribution in [1.82, 2.24) is 20.1 Å². The lowest BCUT2D eigenvalue weighted by Crippen LogP contribution is -2.41. The summed E-state index contributed by atoms with van der Waals surface area (Å²) in [7, 11) is 0. The SMILES string of the molecule is CCCNc1cccc(SNC(=O)c2ccc(N3C=CC(OCCC4C5(CC5)C45CC5)N3)nc2N2CC(C)CC2(C)C)n1. The highest BCUT2D eigenvalue weighted by Crippen LogP contribution is 2.93. The van der Waals surface area contributed by atoms with E-state index >= 15 is 0 Å². The molecule has 2 aromatic rings. The lowest BCUT2D eigenvalue weighted by Gasteiger charge is -2.34. The van der Waals surface area contributed by atoms with Gasteiger partial charge in [0.1, 0.15) is 28.7 Å². The van der Waals surface area contributed by atoms with Gasteiger partial charge >= 0.3 is 0 Å². The van der Waals surface area contributed by atoms with E-state index in [4.69, 9.17) is 9.72 Å². The van der Waals surface area contributed by atoms with E-state index in [1.165, 1.54) is 44.1 Å². The number of hydrogen-bond donors (Lipinski definition) is 3. The smallest absolute Gasteiger partial charge is 0.265 e. The Morgan fingerprint density at radius 1 is 1.14 bits per heavy atom. The summed E-state index contributed by atoms with van der Waals surface area (Å²) in [6.07, 6.45) is 12.9. The molecule has 0 aromatic carbocycles. The molecule has 3 N–H and O–H groups in total. The fourth-order valence-electron chi connectivity index (χ4n) is 8.18. The number of nitrogens with one attached hydrogen (secondary N) is 3. The van der Waals surface area contributed by atoms with E-state index < -0.39 is 0 Å². The highest BCUT2D eigenvalue weighted by molar-refractivity contribution is 7.97. The zero-order valence-corrected chi connectivity index (χ0v) is 26.7. The number of rotatable bonds is 12. The number of hydrogen-bond acceptors (Lipinski definition) is 9. The van der Waals surface area contributed by atoms with Crippen LogP contribution in [0.1, 0.15) is 83.0 Å². The van der Waals surface area contributed by atoms with E-state index in [0.717, 1.165) is 65.9 Å². The van der Waals surface area contributed by atoms with Crippen LogP contribution in [-0.4, -0.2) is 47.3 Å². The number of fused-ring (bicyclic) bond motifs is 1. The molecule has 10 heteroatoms. The maximum absolute atomic E-state index is 13.6. The number of carbonyl (C=O) groups excluding carboxylic acids is 1. The molecule has 1 saturated heterocycles. The Labute approximate surface area is 259 Å². The minimum atomic E-state index is -0.184. The van der Waals surface area contributed by atoms with Crippen LogP contribution in [0.15, 0.2) is 47.6 Å². The van der Waals surface area contributed by atoms with Gasteiger partial charge < -0.3 is 15.0 Å². The van der Waals surface area contributed by atoms with Crippen LogP contribution < -0.4 is 25.4 Å². The average Bonchev–Trinajstić information content (AvgIpc) is 3.95. The predicted molar refractivity (Wildman–Crippen MR) is 172 cm³/mol. The zero-order valence-electron chi connectivity index (χ0n) is 25.9. The molecular formula is C33H45N7O2S. The van der Waals surface area contributed by atoms with Gasteiger partial charge in [-0.3, -0.25) is 14.5 Å². The summed E-state index contributed by atoms with van der Waals surface area (Å²) < 4.78 is 9.25. The van der Waals surface area contributed by atoms with Gasteiger partial charge in [0.2, 0.25) is 0 Å². The Morgan fingerprint density at radius 2 is 1.93 bits per heavy atom. The van der Waals surface area contributed by atoms with Crippen LogP contribution in [0.2, 0.25) is 0 Å². The number of pyridine rings is 2. The number of hydrazine groups is 1. The first-order chi connectivity index (χ1) is 20.7. The molecule has 0 bridgehead atoms. The van der Waals surface area contributed by atoms with Crippen LogP contribution in [0.25, 0.3) is 0 Å². The van der Waals surface area contributed by atoms with E-state index in [-0.39, 0.29) is 17.7 Å². The Balaban J connectivity index is 1.02. The molecule has 4 heterocycles. The summed E-state index contributed by atoms with van der Waals surface area (Å²) in [5.41, 5.74) is 5.32. The van der Waals surface area contributed by atoms with E-state index in [1.807, 2.05) is 47.6 Å². The minimum Gasteiger partial charge on any atom is -0.370 e. The van der Waals surface area contributed by atoms with Crippen molar-refractivity contribution in [1.29, 1.82) is 0 Å². The summed E-state index contributed by atoms with van der Waals surface area (Å²) in [6, 6.07) is 9.58. The highest BCUT2D eigenvalue weighted by Gasteiger charge is 2.85. The van der Waals surface area contributed by atoms with E-state index in [0.29, 0.717) is 17.3 Å². The third-order valence-corrected chi connectivity index (χ3v) is 11.1. The molecule has 4 fully saturated rings. The molecule has 2 aromatic heterocycles. The van der Waals surface area contributed by atoms with Gasteiger partial charge in [0.25, 0.3) is 5.91 Å². The number of carbonyl (C=O) groups is 1. The van der Waals surface area contributed by atoms with Crippen molar-refractivity contribution >= 4 is 35.3 Å². The van der Waals surface area contributed by atoms with Crippen molar-refractivity contribution in [3.63, 3.8) is 0 Å². The number of ether oxygens (including phenoxy) is 1. The Kier molecular flexibility index (Phi) is 7.37. The second-order valence-corrected chi connectivity index (χ2v) is 14.7. The van der Waals surface area contributed by atoms with E-state index in [2.05, 4.69) is 53.0 Å². The molecule has 5 aliphatic rings. The Morgan fingerprint density at radius 3 is 2.63 bits per heavy atom. The summed E-state index contributed by atoms with van der Waals surface area (Å²) in [4.78, 5) is 25.6. The van der Waals surface area contributed by atoms with Crippen LogP contribution in [0.4, 0.5) is 17.5 Å². The number of aromatic nitrogens is 2. The molecule has 2 atom stereocenters. The number of anilines is 3. The predicted octanol–water partition coefficient (Wildman–Crippen LogP) is 6.12. The third kappa shape index (κ3) is 5.40. The summed E-state index contributed by atoms with van der Waals surface area (Å²) in [6.45, 7) is 11.3. The van der Waals surface area contributed by atoms with Crippen LogP contribution in [0.5, 0.6) is 0 Å². The number of nitrogens with zero attached hydrogens (tertiary/aromatic N) is 4. The second kappa shape index (κ2) is 11.0. The Bertz CT molecular complexity index is 1390. The summed E-state index contributed by atoms with van der Waals surface area (Å²) >= 11 is 1.23. The van der Waals surface area contributed by atoms with Crippen molar-refractivity contribution in [2.45, 2.75) is 89.4 Å². The first-order valence-electron chi connectivity index (χ1n) is 16.1. The molecule has 1 amide bonds. The molecule has 43 heavy (non-hydrogen) atoms. The molecule has 0 radical (unpaired) electrons. The van der Waals surface area contributed by atoms with Crippen molar-refractivity contribution in [3.8, 4) is 0 Å². The maximum Gasteiger partial charge on any atom is 0.265 e. The van der Waals surface area contributed by atoms with E-state index in [1.54, 1.807) is 0 Å². The fourth-order valence-corrected chi connectivity index (χ4v) is 8.78. The molecule has 230 valence electrons. The molecule has 3 aliphatic carbocycles. The topological polar surface area (TPSA) is 94.6 Å². The monoisotopic (exact) mass is 603 g/mol. The molecule has 7 rings (SSSR count). The lowest BCUT2D eigenvalue weighted by atomic mass is 9.97. The second-order valence-electron chi connectivity index (χ2n) is 13.9. The standard InChI is InChI=1S/C33H45N7O2S/c1-5-17-34-25-7-6-8-28(35-25)43-38-30(41)23-9-10-26(36-29(23)39-21-22(2)20-31(39,3)4)40-18-11-27(37-40)42-19-12-24-32(13-14-32)33(24)15-16-33/h6-11,18,22,24,27,37H,5,12-17,19-21H2,1-4H3,(H,34,35)(H,38,41). The lowest BCUT2D eigenvalue weighted by molar-refractivity contribution is 0.0624. The third-order valence-electron chi connectivity index (χ3n) is 10.4. The fraction of sp³-hybridized carbons (Fsp3) is 0.606. The van der Waals surface area contributed by atoms with Gasteiger partial charge in [-0.1, -0.05) is 19.9 Å². The average molecular weight is 604 g/mol. The summed E-state index contributed by atoms with van der Waals surface area (Å²) in [5, 5.41) is 5.95. The molecule has 2 unspecified atom stereocenters. The number of amides is 1. The molecule has 2 spiro atoms. The minimum absolute atomic E-state index is 0.116. The van der Waals surface area contributed by atoms with Crippen LogP contribution in [0.3, 0.4) is 0 Å². The van der Waals surface area contributed by atoms with Gasteiger partial charge in [0.05, 0.1) is 5.56 Å². The molecule has 9 nitrogen and oxygen atoms in total. The quantitative estimate of drug-likeness (QED) is 0.248. The largest absolute Gasteiger partial charge is 0.370 e.